The number of urea groups is 1. The van der Waals surface area contributed by atoms with Crippen molar-refractivity contribution in [1.82, 2.24) is 16.0 Å². The SMILES string of the molecule is CCCNC(=O)NCCNC(=O)c1ccc(F)cc1. The lowest BCUT2D eigenvalue weighted by Crippen LogP contribution is -2.40. The van der Waals surface area contributed by atoms with Crippen molar-refractivity contribution in [3.63, 3.8) is 0 Å². The van der Waals surface area contributed by atoms with Crippen molar-refractivity contribution in [3.8, 4) is 0 Å². The predicted octanol–water partition coefficient (Wildman–Crippen LogP) is 1.26. The standard InChI is InChI=1S/C13H18FN3O2/c1-2-7-16-13(19)17-9-8-15-12(18)10-3-5-11(14)6-4-10/h3-6H,2,7-9H2,1H3,(H,15,18)(H2,16,17,19). The summed E-state index contributed by atoms with van der Waals surface area (Å²) < 4.78 is 12.7. The second-order valence-electron chi connectivity index (χ2n) is 3.95. The van der Waals surface area contributed by atoms with E-state index < -0.39 is 0 Å². The molecule has 1 rings (SSSR count). The monoisotopic (exact) mass is 267 g/mol. The molecule has 0 spiro atoms. The highest BCUT2D eigenvalue weighted by Crippen LogP contribution is 2.01. The van der Waals surface area contributed by atoms with Crippen LogP contribution in [0.25, 0.3) is 0 Å². The largest absolute Gasteiger partial charge is 0.350 e. The summed E-state index contributed by atoms with van der Waals surface area (Å²) in [6, 6.07) is 5.02. The average molecular weight is 267 g/mol. The number of benzene rings is 1. The summed E-state index contributed by atoms with van der Waals surface area (Å²) in [6.45, 7) is 3.23. The van der Waals surface area contributed by atoms with E-state index in [-0.39, 0.29) is 17.8 Å². The molecule has 3 amide bonds. The Morgan fingerprint density at radius 3 is 2.21 bits per heavy atom. The second-order valence-corrected chi connectivity index (χ2v) is 3.95. The predicted molar refractivity (Wildman–Crippen MR) is 70.4 cm³/mol. The summed E-state index contributed by atoms with van der Waals surface area (Å²) in [5.74, 6) is -0.679. The van der Waals surface area contributed by atoms with Crippen LogP contribution in [0.3, 0.4) is 0 Å². The molecular weight excluding hydrogens is 249 g/mol. The van der Waals surface area contributed by atoms with Gasteiger partial charge in [-0.25, -0.2) is 9.18 Å². The highest BCUT2D eigenvalue weighted by atomic mass is 19.1. The van der Waals surface area contributed by atoms with Crippen LogP contribution in [0.5, 0.6) is 0 Å². The van der Waals surface area contributed by atoms with E-state index in [0.29, 0.717) is 25.2 Å². The molecule has 1 aromatic carbocycles. The quantitative estimate of drug-likeness (QED) is 0.679. The molecule has 0 atom stereocenters. The fourth-order valence-corrected chi connectivity index (χ4v) is 1.36. The number of halogens is 1. The average Bonchev–Trinajstić information content (AvgIpc) is 2.41. The Morgan fingerprint density at radius 1 is 1.00 bits per heavy atom. The van der Waals surface area contributed by atoms with Crippen LogP contribution in [-0.4, -0.2) is 31.6 Å². The first-order valence-electron chi connectivity index (χ1n) is 6.19. The molecule has 0 saturated carbocycles. The Labute approximate surface area is 111 Å². The molecule has 19 heavy (non-hydrogen) atoms. The Bertz CT molecular complexity index is 420. The van der Waals surface area contributed by atoms with Crippen molar-refractivity contribution in [2.75, 3.05) is 19.6 Å². The minimum atomic E-state index is -0.384. The van der Waals surface area contributed by atoms with Crippen LogP contribution in [-0.2, 0) is 0 Å². The van der Waals surface area contributed by atoms with Gasteiger partial charge in [-0.15, -0.1) is 0 Å². The fourth-order valence-electron chi connectivity index (χ4n) is 1.36. The van der Waals surface area contributed by atoms with Gasteiger partial charge in [0.15, 0.2) is 0 Å². The molecular formula is C13H18FN3O2. The maximum absolute atomic E-state index is 12.7. The number of amides is 3. The van der Waals surface area contributed by atoms with Gasteiger partial charge in [0.05, 0.1) is 0 Å². The molecule has 0 radical (unpaired) electrons. The van der Waals surface area contributed by atoms with Crippen molar-refractivity contribution in [1.29, 1.82) is 0 Å². The van der Waals surface area contributed by atoms with E-state index in [2.05, 4.69) is 16.0 Å². The molecule has 1 aromatic rings. The number of carbonyl (C=O) groups is 2. The molecule has 0 aliphatic carbocycles. The Morgan fingerprint density at radius 2 is 1.58 bits per heavy atom. The van der Waals surface area contributed by atoms with Crippen molar-refractivity contribution >= 4 is 11.9 Å². The molecule has 6 heteroatoms. The summed E-state index contributed by atoms with van der Waals surface area (Å²) >= 11 is 0. The third-order valence-corrected chi connectivity index (χ3v) is 2.34. The summed E-state index contributed by atoms with van der Waals surface area (Å²) in [5.41, 5.74) is 0.386. The fraction of sp³-hybridized carbons (Fsp3) is 0.385. The zero-order valence-electron chi connectivity index (χ0n) is 10.8. The molecule has 104 valence electrons. The number of hydrogen-bond acceptors (Lipinski definition) is 2. The molecule has 0 bridgehead atoms. The van der Waals surface area contributed by atoms with Gasteiger partial charge >= 0.3 is 6.03 Å². The van der Waals surface area contributed by atoms with Crippen LogP contribution < -0.4 is 16.0 Å². The van der Waals surface area contributed by atoms with E-state index in [9.17, 15) is 14.0 Å². The van der Waals surface area contributed by atoms with Gasteiger partial charge in [0.25, 0.3) is 5.91 Å². The van der Waals surface area contributed by atoms with Gasteiger partial charge in [0, 0.05) is 25.2 Å². The lowest BCUT2D eigenvalue weighted by molar-refractivity contribution is 0.0954. The Kier molecular flexibility index (Phi) is 6.35. The normalized spacial score (nSPS) is 9.79. The Hall–Kier alpha value is -2.11. The van der Waals surface area contributed by atoms with Crippen LogP contribution in [0, 0.1) is 5.82 Å². The smallest absolute Gasteiger partial charge is 0.314 e. The van der Waals surface area contributed by atoms with E-state index in [1.165, 1.54) is 24.3 Å². The zero-order chi connectivity index (χ0) is 14.1. The third kappa shape index (κ3) is 5.85. The highest BCUT2D eigenvalue weighted by molar-refractivity contribution is 5.94. The number of carbonyl (C=O) groups excluding carboxylic acids is 2. The first-order valence-corrected chi connectivity index (χ1v) is 6.19. The first-order chi connectivity index (χ1) is 9.13. The van der Waals surface area contributed by atoms with Crippen molar-refractivity contribution in [2.24, 2.45) is 0 Å². The topological polar surface area (TPSA) is 70.2 Å². The van der Waals surface area contributed by atoms with Gasteiger partial charge in [-0.1, -0.05) is 6.92 Å². The number of nitrogens with one attached hydrogen (secondary N) is 3. The molecule has 0 fully saturated rings. The maximum atomic E-state index is 12.7. The molecule has 0 unspecified atom stereocenters. The van der Waals surface area contributed by atoms with Gasteiger partial charge in [-0.05, 0) is 30.7 Å². The van der Waals surface area contributed by atoms with Gasteiger partial charge in [0.2, 0.25) is 0 Å². The van der Waals surface area contributed by atoms with Gasteiger partial charge < -0.3 is 16.0 Å². The first kappa shape index (κ1) is 14.9. The molecule has 3 N–H and O–H groups in total. The highest BCUT2D eigenvalue weighted by Gasteiger charge is 2.04. The molecule has 0 heterocycles. The van der Waals surface area contributed by atoms with Gasteiger partial charge in [-0.2, -0.15) is 0 Å². The number of hydrogen-bond donors (Lipinski definition) is 3. The lowest BCUT2D eigenvalue weighted by atomic mass is 10.2. The van der Waals surface area contributed by atoms with Gasteiger partial charge in [0.1, 0.15) is 5.82 Å². The maximum Gasteiger partial charge on any atom is 0.314 e. The molecule has 0 aromatic heterocycles. The lowest BCUT2D eigenvalue weighted by Gasteiger charge is -2.08. The molecule has 0 saturated heterocycles. The molecule has 0 aliphatic heterocycles. The van der Waals surface area contributed by atoms with Crippen LogP contribution in [0.15, 0.2) is 24.3 Å². The van der Waals surface area contributed by atoms with Crippen LogP contribution >= 0.6 is 0 Å². The van der Waals surface area contributed by atoms with Crippen molar-refractivity contribution < 1.29 is 14.0 Å². The van der Waals surface area contributed by atoms with Crippen LogP contribution in [0.2, 0.25) is 0 Å². The minimum absolute atomic E-state index is 0.252. The van der Waals surface area contributed by atoms with Crippen molar-refractivity contribution in [2.45, 2.75) is 13.3 Å². The summed E-state index contributed by atoms with van der Waals surface area (Å²) in [4.78, 5) is 22.8. The van der Waals surface area contributed by atoms with E-state index in [4.69, 9.17) is 0 Å². The van der Waals surface area contributed by atoms with E-state index >= 15 is 0 Å². The summed E-state index contributed by atoms with van der Waals surface area (Å²) in [7, 11) is 0. The summed E-state index contributed by atoms with van der Waals surface area (Å²) in [5, 5.41) is 7.89. The van der Waals surface area contributed by atoms with Crippen molar-refractivity contribution in [3.05, 3.63) is 35.6 Å². The van der Waals surface area contributed by atoms with E-state index in [1.54, 1.807) is 0 Å². The summed E-state index contributed by atoms with van der Waals surface area (Å²) in [6.07, 6.45) is 0.870. The van der Waals surface area contributed by atoms with E-state index in [1.807, 2.05) is 6.92 Å². The Balaban J connectivity index is 2.20. The van der Waals surface area contributed by atoms with Crippen LogP contribution in [0.1, 0.15) is 23.7 Å². The van der Waals surface area contributed by atoms with Gasteiger partial charge in [-0.3, -0.25) is 4.79 Å². The number of rotatable bonds is 6. The molecule has 0 aliphatic rings. The zero-order valence-corrected chi connectivity index (χ0v) is 10.8. The second kappa shape index (κ2) is 8.07. The third-order valence-electron chi connectivity index (χ3n) is 2.34. The van der Waals surface area contributed by atoms with Crippen LogP contribution in [0.4, 0.5) is 9.18 Å². The van der Waals surface area contributed by atoms with E-state index in [0.717, 1.165) is 6.42 Å². The minimum Gasteiger partial charge on any atom is -0.350 e. The molecule has 5 nitrogen and oxygen atoms in total.